The van der Waals surface area contributed by atoms with E-state index in [2.05, 4.69) is 23.4 Å². The molecule has 92 valence electrons. The highest BCUT2D eigenvalue weighted by molar-refractivity contribution is 5.81. The van der Waals surface area contributed by atoms with Crippen LogP contribution in [-0.2, 0) is 6.42 Å². The second kappa shape index (κ2) is 5.63. The van der Waals surface area contributed by atoms with E-state index < -0.39 is 6.10 Å². The lowest BCUT2D eigenvalue weighted by molar-refractivity contribution is 0.227. The summed E-state index contributed by atoms with van der Waals surface area (Å²) in [5.41, 5.74) is 5.93. The lowest BCUT2D eigenvalue weighted by Crippen LogP contribution is -2.05. The molecule has 1 aromatic heterocycles. The molecule has 0 saturated carbocycles. The van der Waals surface area contributed by atoms with E-state index in [4.69, 9.17) is 0 Å². The van der Waals surface area contributed by atoms with Gasteiger partial charge in [-0.2, -0.15) is 0 Å². The maximum Gasteiger partial charge on any atom is 0.0795 e. The zero-order valence-corrected chi connectivity index (χ0v) is 10.6. The van der Waals surface area contributed by atoms with Crippen molar-refractivity contribution in [1.82, 2.24) is 4.98 Å². The SMILES string of the molecule is C=C=C(CCc1ccnc2ccccc12)[C@@H](C)O. The standard InChI is InChI=1S/C16H17NO/c1-3-13(12(2)18)8-9-14-10-11-17-16-7-5-4-6-15(14)16/h4-7,10-12,18H,1,8-9H2,2H3/t12-/m1/s1. The van der Waals surface area contributed by atoms with Crippen molar-refractivity contribution in [2.45, 2.75) is 25.9 Å². The molecular formula is C16H17NO. The van der Waals surface area contributed by atoms with Crippen LogP contribution in [0.1, 0.15) is 18.9 Å². The van der Waals surface area contributed by atoms with Crippen molar-refractivity contribution in [2.24, 2.45) is 0 Å². The summed E-state index contributed by atoms with van der Waals surface area (Å²) in [4.78, 5) is 4.34. The molecule has 18 heavy (non-hydrogen) atoms. The zero-order chi connectivity index (χ0) is 13.0. The number of nitrogens with zero attached hydrogens (tertiary/aromatic N) is 1. The Hall–Kier alpha value is -1.89. The molecule has 2 rings (SSSR count). The number of aryl methyl sites for hydroxylation is 1. The van der Waals surface area contributed by atoms with Crippen LogP contribution in [0, 0.1) is 0 Å². The van der Waals surface area contributed by atoms with Crippen LogP contribution in [0.25, 0.3) is 10.9 Å². The molecule has 0 amide bonds. The van der Waals surface area contributed by atoms with Crippen LogP contribution < -0.4 is 0 Å². The molecule has 2 nitrogen and oxygen atoms in total. The highest BCUT2D eigenvalue weighted by Gasteiger charge is 2.06. The van der Waals surface area contributed by atoms with Gasteiger partial charge < -0.3 is 5.11 Å². The van der Waals surface area contributed by atoms with Gasteiger partial charge >= 0.3 is 0 Å². The summed E-state index contributed by atoms with van der Waals surface area (Å²) in [6.45, 7) is 5.37. The fourth-order valence-corrected chi connectivity index (χ4v) is 2.09. The topological polar surface area (TPSA) is 33.1 Å². The quantitative estimate of drug-likeness (QED) is 0.831. The van der Waals surface area contributed by atoms with Crippen LogP contribution in [-0.4, -0.2) is 16.2 Å². The Morgan fingerprint density at radius 2 is 2.17 bits per heavy atom. The first-order chi connectivity index (χ1) is 8.72. The van der Waals surface area contributed by atoms with Gasteiger partial charge in [0, 0.05) is 11.6 Å². The molecule has 1 heterocycles. The Morgan fingerprint density at radius 3 is 2.89 bits per heavy atom. The lowest BCUT2D eigenvalue weighted by atomic mass is 9.99. The second-order valence-electron chi connectivity index (χ2n) is 4.37. The van der Waals surface area contributed by atoms with Crippen LogP contribution in [0.2, 0.25) is 0 Å². The average Bonchev–Trinajstić information content (AvgIpc) is 2.39. The van der Waals surface area contributed by atoms with Crippen LogP contribution in [0.5, 0.6) is 0 Å². The Kier molecular flexibility index (Phi) is 3.93. The average molecular weight is 239 g/mol. The number of hydrogen-bond donors (Lipinski definition) is 1. The van der Waals surface area contributed by atoms with Crippen LogP contribution in [0.15, 0.2) is 54.4 Å². The van der Waals surface area contributed by atoms with E-state index in [0.29, 0.717) is 0 Å². The van der Waals surface area contributed by atoms with E-state index in [1.807, 2.05) is 30.5 Å². The molecule has 0 aliphatic carbocycles. The summed E-state index contributed by atoms with van der Waals surface area (Å²) in [6, 6.07) is 10.1. The van der Waals surface area contributed by atoms with E-state index >= 15 is 0 Å². The monoisotopic (exact) mass is 239 g/mol. The number of benzene rings is 1. The number of pyridine rings is 1. The molecule has 0 radical (unpaired) electrons. The predicted molar refractivity (Wildman–Crippen MR) is 74.4 cm³/mol. The number of rotatable bonds is 4. The predicted octanol–water partition coefficient (Wildman–Crippen LogP) is 3.26. The van der Waals surface area contributed by atoms with Crippen molar-refractivity contribution in [2.75, 3.05) is 0 Å². The summed E-state index contributed by atoms with van der Waals surface area (Å²) in [7, 11) is 0. The normalized spacial score (nSPS) is 12.1. The van der Waals surface area contributed by atoms with Crippen LogP contribution in [0.3, 0.4) is 0 Å². The number of fused-ring (bicyclic) bond motifs is 1. The van der Waals surface area contributed by atoms with E-state index in [0.717, 1.165) is 23.9 Å². The van der Waals surface area contributed by atoms with E-state index in [1.165, 1.54) is 10.9 Å². The molecule has 2 heteroatoms. The number of para-hydroxylation sites is 1. The highest BCUT2D eigenvalue weighted by Crippen LogP contribution is 2.19. The molecule has 0 saturated heterocycles. The third-order valence-corrected chi connectivity index (χ3v) is 3.13. The van der Waals surface area contributed by atoms with E-state index in [-0.39, 0.29) is 0 Å². The third-order valence-electron chi connectivity index (χ3n) is 3.13. The fourth-order valence-electron chi connectivity index (χ4n) is 2.09. The Morgan fingerprint density at radius 1 is 1.39 bits per heavy atom. The van der Waals surface area contributed by atoms with Crippen LogP contribution >= 0.6 is 0 Å². The van der Waals surface area contributed by atoms with Gasteiger partial charge in [-0.3, -0.25) is 4.98 Å². The van der Waals surface area contributed by atoms with Gasteiger partial charge in [0.1, 0.15) is 0 Å². The molecule has 1 N–H and O–H groups in total. The zero-order valence-electron chi connectivity index (χ0n) is 10.6. The number of aliphatic hydroxyl groups excluding tert-OH is 1. The fraction of sp³-hybridized carbons (Fsp3) is 0.250. The van der Waals surface area contributed by atoms with Gasteiger partial charge in [-0.25, -0.2) is 0 Å². The van der Waals surface area contributed by atoms with E-state index in [1.54, 1.807) is 6.92 Å². The first-order valence-corrected chi connectivity index (χ1v) is 6.12. The minimum Gasteiger partial charge on any atom is -0.388 e. The second-order valence-corrected chi connectivity index (χ2v) is 4.37. The molecule has 1 atom stereocenters. The summed E-state index contributed by atoms with van der Waals surface area (Å²) in [5, 5.41) is 10.7. The van der Waals surface area contributed by atoms with Crippen molar-refractivity contribution < 1.29 is 5.11 Å². The summed E-state index contributed by atoms with van der Waals surface area (Å²) in [5.74, 6) is 0. The molecule has 2 aromatic rings. The Bertz CT molecular complexity index is 590. The lowest BCUT2D eigenvalue weighted by Gasteiger charge is -2.09. The summed E-state index contributed by atoms with van der Waals surface area (Å²) >= 11 is 0. The summed E-state index contributed by atoms with van der Waals surface area (Å²) < 4.78 is 0. The maximum atomic E-state index is 9.55. The molecule has 0 spiro atoms. The van der Waals surface area contributed by atoms with Crippen LogP contribution in [0.4, 0.5) is 0 Å². The molecule has 0 fully saturated rings. The molecule has 0 aliphatic heterocycles. The largest absolute Gasteiger partial charge is 0.388 e. The van der Waals surface area contributed by atoms with Gasteiger partial charge in [0.2, 0.25) is 0 Å². The first kappa shape index (κ1) is 12.6. The highest BCUT2D eigenvalue weighted by atomic mass is 16.3. The van der Waals surface area contributed by atoms with Gasteiger partial charge in [-0.15, -0.1) is 5.73 Å². The molecule has 0 aliphatic rings. The minimum absolute atomic E-state index is 0.476. The maximum absolute atomic E-state index is 9.55. The Balaban J connectivity index is 2.25. The molecule has 0 bridgehead atoms. The minimum atomic E-state index is -0.476. The van der Waals surface area contributed by atoms with Crippen molar-refractivity contribution in [1.29, 1.82) is 0 Å². The number of aromatic nitrogens is 1. The van der Waals surface area contributed by atoms with Gasteiger partial charge in [-0.1, -0.05) is 24.8 Å². The van der Waals surface area contributed by atoms with Crippen molar-refractivity contribution in [3.63, 3.8) is 0 Å². The smallest absolute Gasteiger partial charge is 0.0795 e. The van der Waals surface area contributed by atoms with Gasteiger partial charge in [-0.05, 0) is 43.0 Å². The molecule has 1 aromatic carbocycles. The molecular weight excluding hydrogens is 222 g/mol. The Labute approximate surface area is 107 Å². The van der Waals surface area contributed by atoms with Gasteiger partial charge in [0.25, 0.3) is 0 Å². The van der Waals surface area contributed by atoms with Gasteiger partial charge in [0.05, 0.1) is 11.6 Å². The number of aliphatic hydroxyl groups is 1. The molecule has 0 unspecified atom stereocenters. The number of hydrogen-bond acceptors (Lipinski definition) is 2. The van der Waals surface area contributed by atoms with E-state index in [9.17, 15) is 5.11 Å². The summed E-state index contributed by atoms with van der Waals surface area (Å²) in [6.07, 6.45) is 2.99. The van der Waals surface area contributed by atoms with Crippen molar-refractivity contribution in [3.8, 4) is 0 Å². The van der Waals surface area contributed by atoms with Crippen molar-refractivity contribution >= 4 is 10.9 Å². The van der Waals surface area contributed by atoms with Gasteiger partial charge in [0.15, 0.2) is 0 Å². The van der Waals surface area contributed by atoms with Crippen molar-refractivity contribution in [3.05, 3.63) is 60.0 Å². The third kappa shape index (κ3) is 2.67. The first-order valence-electron chi connectivity index (χ1n) is 6.12.